The third-order valence-electron chi connectivity index (χ3n) is 9.23. The molecule has 1 aliphatic heterocycles. The zero-order valence-corrected chi connectivity index (χ0v) is 27.7. The molecule has 2 aromatic carbocycles. The molecule has 0 bridgehead atoms. The van der Waals surface area contributed by atoms with Crippen LogP contribution in [0.1, 0.15) is 52.9 Å². The Kier molecular flexibility index (Phi) is 8.78. The van der Waals surface area contributed by atoms with Gasteiger partial charge in [-0.1, -0.05) is 48.9 Å². The van der Waals surface area contributed by atoms with E-state index in [0.717, 1.165) is 50.8 Å². The van der Waals surface area contributed by atoms with Gasteiger partial charge in [-0.2, -0.15) is 0 Å². The lowest BCUT2D eigenvalue weighted by atomic mass is 9.96. The van der Waals surface area contributed by atoms with Gasteiger partial charge in [0.25, 0.3) is 11.5 Å². The van der Waals surface area contributed by atoms with Crippen molar-refractivity contribution in [2.75, 3.05) is 19.0 Å². The van der Waals surface area contributed by atoms with Crippen molar-refractivity contribution in [3.8, 4) is 28.3 Å². The van der Waals surface area contributed by atoms with E-state index < -0.39 is 17.2 Å². The predicted molar refractivity (Wildman–Crippen MR) is 181 cm³/mol. The molecule has 1 saturated heterocycles. The Bertz CT molecular complexity index is 2040. The maximum atomic E-state index is 13.2. The Hall–Kier alpha value is -4.74. The standard InChI is InChI=1S/C35H37ClN6O5/c1-18-14-20-15-27(40-33(47-5)29(20)31(18)37-16-21-12-13-28(43)38-21)24-10-6-9-23(30(24)36)22-8-7-11-26(19(22)2)39-32(44)25-17-41(3)35(46)42(4)34(25)45/h6-11,15,17-18,21,31,37H,12-14,16H2,1-5H3,(H,38,43)(H,39,44)/t18-,21?,31-/m0/s1. The van der Waals surface area contributed by atoms with Gasteiger partial charge >= 0.3 is 5.69 Å². The molecule has 2 amide bonds. The van der Waals surface area contributed by atoms with E-state index in [2.05, 4.69) is 28.9 Å². The molecule has 1 unspecified atom stereocenters. The summed E-state index contributed by atoms with van der Waals surface area (Å²) in [6.07, 6.45) is 3.47. The number of carbonyl (C=O) groups is 2. The van der Waals surface area contributed by atoms with Crippen molar-refractivity contribution in [3.63, 3.8) is 0 Å². The summed E-state index contributed by atoms with van der Waals surface area (Å²) in [4.78, 5) is 54.5. The van der Waals surface area contributed by atoms with Gasteiger partial charge in [-0.25, -0.2) is 9.78 Å². The first-order chi connectivity index (χ1) is 22.5. The lowest BCUT2D eigenvalue weighted by molar-refractivity contribution is -0.119. The summed E-state index contributed by atoms with van der Waals surface area (Å²) < 4.78 is 7.93. The molecule has 12 heteroatoms. The van der Waals surface area contributed by atoms with E-state index in [4.69, 9.17) is 21.3 Å². The summed E-state index contributed by atoms with van der Waals surface area (Å²) in [5, 5.41) is 10.0. The van der Waals surface area contributed by atoms with E-state index in [9.17, 15) is 19.2 Å². The summed E-state index contributed by atoms with van der Waals surface area (Å²) >= 11 is 7.12. The number of hydrogen-bond donors (Lipinski definition) is 3. The molecule has 2 aromatic heterocycles. The first-order valence-electron chi connectivity index (χ1n) is 15.6. The number of nitrogens with zero attached hydrogens (tertiary/aromatic N) is 3. The first-order valence-corrected chi connectivity index (χ1v) is 15.9. The van der Waals surface area contributed by atoms with Crippen LogP contribution in [-0.2, 0) is 25.3 Å². The second kappa shape index (κ2) is 12.8. The molecule has 11 nitrogen and oxygen atoms in total. The van der Waals surface area contributed by atoms with Gasteiger partial charge in [0.1, 0.15) is 5.56 Å². The van der Waals surface area contributed by atoms with Crippen LogP contribution in [-0.4, -0.2) is 45.6 Å². The third-order valence-corrected chi connectivity index (χ3v) is 9.64. The Morgan fingerprint density at radius 2 is 1.83 bits per heavy atom. The van der Waals surface area contributed by atoms with Crippen LogP contribution >= 0.6 is 11.6 Å². The van der Waals surface area contributed by atoms with Gasteiger partial charge in [-0.3, -0.25) is 19.0 Å². The minimum atomic E-state index is -0.675. The predicted octanol–water partition coefficient (Wildman–Crippen LogP) is 4.14. The van der Waals surface area contributed by atoms with Crippen molar-refractivity contribution in [1.29, 1.82) is 0 Å². The summed E-state index contributed by atoms with van der Waals surface area (Å²) in [7, 11) is 4.44. The molecule has 47 heavy (non-hydrogen) atoms. The van der Waals surface area contributed by atoms with E-state index in [0.29, 0.717) is 41.2 Å². The average Bonchev–Trinajstić information content (AvgIpc) is 3.62. The number of aryl methyl sites for hydroxylation is 1. The van der Waals surface area contributed by atoms with Crippen molar-refractivity contribution in [2.45, 2.75) is 45.2 Å². The summed E-state index contributed by atoms with van der Waals surface area (Å²) in [6, 6.07) is 13.5. The molecule has 1 aliphatic carbocycles. The molecule has 244 valence electrons. The zero-order valence-electron chi connectivity index (χ0n) is 26.9. The summed E-state index contributed by atoms with van der Waals surface area (Å²) in [5.74, 6) is 0.323. The van der Waals surface area contributed by atoms with Crippen molar-refractivity contribution >= 4 is 29.1 Å². The molecule has 4 aromatic rings. The maximum Gasteiger partial charge on any atom is 0.330 e. The number of carbonyl (C=O) groups excluding carboxylic acids is 2. The lowest BCUT2D eigenvalue weighted by Gasteiger charge is -2.22. The number of amides is 2. The fourth-order valence-corrected chi connectivity index (χ4v) is 7.01. The van der Waals surface area contributed by atoms with Crippen molar-refractivity contribution < 1.29 is 14.3 Å². The molecule has 0 spiro atoms. The van der Waals surface area contributed by atoms with Crippen molar-refractivity contribution in [2.24, 2.45) is 20.0 Å². The van der Waals surface area contributed by atoms with Gasteiger partial charge in [0, 0.05) is 67.7 Å². The molecule has 3 heterocycles. The zero-order chi connectivity index (χ0) is 33.6. The molecule has 2 aliphatic rings. The van der Waals surface area contributed by atoms with E-state index >= 15 is 0 Å². The summed E-state index contributed by atoms with van der Waals surface area (Å²) in [5.41, 5.74) is 5.08. The Balaban J connectivity index is 1.31. The second-order valence-corrected chi connectivity index (χ2v) is 12.7. The van der Waals surface area contributed by atoms with Crippen LogP contribution in [0.4, 0.5) is 5.69 Å². The second-order valence-electron chi connectivity index (χ2n) is 12.4. The number of hydrogen-bond acceptors (Lipinski definition) is 7. The van der Waals surface area contributed by atoms with Crippen LogP contribution in [0, 0.1) is 12.8 Å². The normalized spacial score (nSPS) is 18.6. The number of fused-ring (bicyclic) bond motifs is 1. The summed E-state index contributed by atoms with van der Waals surface area (Å²) in [6.45, 7) is 4.75. The molecule has 1 fully saturated rings. The van der Waals surface area contributed by atoms with E-state index in [1.807, 2.05) is 37.3 Å². The molecular weight excluding hydrogens is 620 g/mol. The fraction of sp³-hybridized carbons (Fsp3) is 0.343. The highest BCUT2D eigenvalue weighted by Crippen LogP contribution is 2.44. The number of aromatic nitrogens is 3. The first kappa shape index (κ1) is 32.2. The number of halogens is 1. The lowest BCUT2D eigenvalue weighted by Crippen LogP contribution is -2.40. The highest BCUT2D eigenvalue weighted by atomic mass is 35.5. The molecule has 0 radical (unpaired) electrons. The highest BCUT2D eigenvalue weighted by Gasteiger charge is 2.35. The monoisotopic (exact) mass is 656 g/mol. The number of rotatable bonds is 8. The number of anilines is 1. The van der Waals surface area contributed by atoms with Gasteiger partial charge in [0.2, 0.25) is 11.8 Å². The maximum absolute atomic E-state index is 13.2. The van der Waals surface area contributed by atoms with Crippen LogP contribution < -0.4 is 31.9 Å². The quantitative estimate of drug-likeness (QED) is 0.259. The molecule has 0 saturated carbocycles. The topological polar surface area (TPSA) is 136 Å². The molecule has 3 N–H and O–H groups in total. The van der Waals surface area contributed by atoms with Crippen molar-refractivity contribution in [3.05, 3.63) is 96.8 Å². The minimum absolute atomic E-state index is 0.0439. The van der Waals surface area contributed by atoms with Crippen LogP contribution in [0.2, 0.25) is 5.02 Å². The number of pyridine rings is 1. The van der Waals surface area contributed by atoms with Gasteiger partial charge in [0.05, 0.1) is 17.8 Å². The smallest absolute Gasteiger partial charge is 0.330 e. The molecule has 3 atom stereocenters. The van der Waals surface area contributed by atoms with Gasteiger partial charge in [0.15, 0.2) is 0 Å². The van der Waals surface area contributed by atoms with E-state index in [-0.39, 0.29) is 23.6 Å². The minimum Gasteiger partial charge on any atom is -0.481 e. The van der Waals surface area contributed by atoms with Gasteiger partial charge < -0.3 is 25.3 Å². The Labute approximate surface area is 276 Å². The highest BCUT2D eigenvalue weighted by molar-refractivity contribution is 6.36. The number of methoxy groups -OCH3 is 1. The number of nitrogens with one attached hydrogen (secondary N) is 3. The molecule has 6 rings (SSSR count). The van der Waals surface area contributed by atoms with Crippen LogP contribution in [0.5, 0.6) is 5.88 Å². The third kappa shape index (κ3) is 5.96. The number of benzene rings is 2. The molecular formula is C35H37ClN6O5. The van der Waals surface area contributed by atoms with E-state index in [1.165, 1.54) is 24.9 Å². The van der Waals surface area contributed by atoms with Crippen LogP contribution in [0.15, 0.2) is 58.3 Å². The number of ether oxygens (including phenoxy) is 1. The van der Waals surface area contributed by atoms with Gasteiger partial charge in [-0.15, -0.1) is 0 Å². The Morgan fingerprint density at radius 3 is 2.55 bits per heavy atom. The average molecular weight is 657 g/mol. The SMILES string of the molecule is COc1nc(-c2cccc(-c3cccc(NC(=O)c4cn(C)c(=O)n(C)c4=O)c3C)c2Cl)cc2c1[C@@H](NCC1CCC(=O)N1)[C@@H](C)C2. The fourth-order valence-electron chi connectivity index (χ4n) is 6.68. The van der Waals surface area contributed by atoms with Crippen molar-refractivity contribution in [1.82, 2.24) is 24.8 Å². The van der Waals surface area contributed by atoms with Crippen LogP contribution in [0.25, 0.3) is 22.4 Å². The van der Waals surface area contributed by atoms with Crippen LogP contribution in [0.3, 0.4) is 0 Å². The van der Waals surface area contributed by atoms with E-state index in [1.54, 1.807) is 13.2 Å². The largest absolute Gasteiger partial charge is 0.481 e. The Morgan fingerprint density at radius 1 is 1.11 bits per heavy atom. The van der Waals surface area contributed by atoms with Gasteiger partial charge in [-0.05, 0) is 54.5 Å².